The zero-order valence-electron chi connectivity index (χ0n) is 20.9. The van der Waals surface area contributed by atoms with Crippen molar-refractivity contribution in [2.75, 3.05) is 16.3 Å². The molecule has 4 aromatic rings. The number of rotatable bonds is 6. The minimum absolute atomic E-state index is 0.00659. The predicted molar refractivity (Wildman–Crippen MR) is 153 cm³/mol. The number of aromatic nitrogens is 3. The van der Waals surface area contributed by atoms with E-state index in [1.165, 1.54) is 36.7 Å². The van der Waals surface area contributed by atoms with E-state index in [-0.39, 0.29) is 33.7 Å². The van der Waals surface area contributed by atoms with E-state index in [9.17, 15) is 31.6 Å². The number of hydrogen-bond acceptors (Lipinski definition) is 6. The zero-order valence-corrected chi connectivity index (χ0v) is 23.9. The van der Waals surface area contributed by atoms with E-state index in [1.54, 1.807) is 6.07 Å². The summed E-state index contributed by atoms with van der Waals surface area (Å²) in [5, 5.41) is 2.81. The lowest BCUT2D eigenvalue weighted by atomic mass is 10.1. The molecule has 0 amide bonds. The SMILES string of the molecule is Cc1c(=O)n(C)c(Nc2ccc(I)cc2F)c2c(=O)n(C3CC3)c(=O)n(-c3ccc(F)c(NS(C)(=O)=O)c3)c12. The Hall–Kier alpha value is -3.53. The van der Waals surface area contributed by atoms with Crippen LogP contribution in [0.2, 0.25) is 0 Å². The Labute approximate surface area is 234 Å². The Kier molecular flexibility index (Phi) is 6.65. The van der Waals surface area contributed by atoms with Gasteiger partial charge >= 0.3 is 5.69 Å². The van der Waals surface area contributed by atoms with Crippen LogP contribution in [0, 0.1) is 22.1 Å². The molecule has 1 saturated carbocycles. The number of aryl methyl sites for hydroxylation is 1. The van der Waals surface area contributed by atoms with Gasteiger partial charge in [0.15, 0.2) is 0 Å². The standard InChI is InChI=1S/C25H22F2IN5O5S/c1-12-21-20(22(31(2)23(12)34)29-18-9-4-13(28)10-17(18)27)24(35)33(14-5-6-14)25(36)32(21)15-7-8-16(26)19(11-15)30-39(3,37)38/h4,7-11,14,29-30H,5-6H2,1-3H3. The first-order valence-corrected chi connectivity index (χ1v) is 14.7. The van der Waals surface area contributed by atoms with Gasteiger partial charge in [0, 0.05) is 22.2 Å². The molecule has 0 spiro atoms. The van der Waals surface area contributed by atoms with Crippen molar-refractivity contribution in [1.82, 2.24) is 13.7 Å². The van der Waals surface area contributed by atoms with E-state index in [4.69, 9.17) is 0 Å². The van der Waals surface area contributed by atoms with Gasteiger partial charge in [-0.15, -0.1) is 0 Å². The number of nitrogens with zero attached hydrogens (tertiary/aromatic N) is 3. The van der Waals surface area contributed by atoms with Gasteiger partial charge in [-0.2, -0.15) is 0 Å². The highest BCUT2D eigenvalue weighted by Gasteiger charge is 2.32. The van der Waals surface area contributed by atoms with Crippen LogP contribution in [0.15, 0.2) is 50.8 Å². The molecule has 2 heterocycles. The monoisotopic (exact) mass is 669 g/mol. The Bertz CT molecular complexity index is 1980. The number of nitrogens with one attached hydrogen (secondary N) is 2. The zero-order chi connectivity index (χ0) is 28.4. The molecule has 0 aliphatic heterocycles. The molecule has 0 atom stereocenters. The number of anilines is 3. The molecule has 1 aliphatic carbocycles. The molecule has 0 bridgehead atoms. The lowest BCUT2D eigenvalue weighted by molar-refractivity contribution is 0.603. The van der Waals surface area contributed by atoms with Gasteiger partial charge in [0.2, 0.25) is 10.0 Å². The van der Waals surface area contributed by atoms with Gasteiger partial charge in [0.25, 0.3) is 11.1 Å². The van der Waals surface area contributed by atoms with E-state index in [0.29, 0.717) is 16.4 Å². The van der Waals surface area contributed by atoms with Gasteiger partial charge in [-0.1, -0.05) is 0 Å². The summed E-state index contributed by atoms with van der Waals surface area (Å²) < 4.78 is 59.0. The van der Waals surface area contributed by atoms with Crippen LogP contribution in [0.5, 0.6) is 0 Å². The highest BCUT2D eigenvalue weighted by atomic mass is 127. The van der Waals surface area contributed by atoms with Crippen LogP contribution in [0.4, 0.5) is 26.0 Å². The molecule has 204 valence electrons. The number of sulfonamides is 1. The maximum atomic E-state index is 14.8. The van der Waals surface area contributed by atoms with Crippen LogP contribution in [-0.2, 0) is 17.1 Å². The Morgan fingerprint density at radius 3 is 2.28 bits per heavy atom. The van der Waals surface area contributed by atoms with E-state index in [2.05, 4.69) is 10.0 Å². The number of halogens is 3. The highest BCUT2D eigenvalue weighted by Crippen LogP contribution is 2.34. The number of fused-ring (bicyclic) bond motifs is 1. The summed E-state index contributed by atoms with van der Waals surface area (Å²) in [5.74, 6) is -1.54. The number of benzene rings is 2. The van der Waals surface area contributed by atoms with Crippen LogP contribution >= 0.6 is 22.6 Å². The molecule has 2 aromatic heterocycles. The van der Waals surface area contributed by atoms with E-state index < -0.39 is 50.2 Å². The van der Waals surface area contributed by atoms with Crippen LogP contribution in [0.1, 0.15) is 24.4 Å². The van der Waals surface area contributed by atoms with E-state index in [1.807, 2.05) is 22.6 Å². The minimum atomic E-state index is -3.87. The Balaban J connectivity index is 1.91. The third-order valence-corrected chi connectivity index (χ3v) is 7.70. The predicted octanol–water partition coefficient (Wildman–Crippen LogP) is 3.49. The topological polar surface area (TPSA) is 124 Å². The van der Waals surface area contributed by atoms with Crippen LogP contribution < -0.4 is 26.8 Å². The summed E-state index contributed by atoms with van der Waals surface area (Å²) in [6.07, 6.45) is 2.00. The van der Waals surface area contributed by atoms with Crippen molar-refractivity contribution in [3.63, 3.8) is 0 Å². The maximum absolute atomic E-state index is 14.8. The lowest BCUT2D eigenvalue weighted by Gasteiger charge is -2.21. The summed E-state index contributed by atoms with van der Waals surface area (Å²) >= 11 is 1.95. The minimum Gasteiger partial charge on any atom is -0.338 e. The molecule has 5 rings (SSSR count). The first-order chi connectivity index (χ1) is 18.3. The molecule has 0 radical (unpaired) electrons. The van der Waals surface area contributed by atoms with Gasteiger partial charge in [0.1, 0.15) is 22.8 Å². The molecule has 2 aromatic carbocycles. The molecule has 10 nitrogen and oxygen atoms in total. The van der Waals surface area contributed by atoms with Crippen molar-refractivity contribution in [1.29, 1.82) is 0 Å². The van der Waals surface area contributed by atoms with Gasteiger partial charge in [0.05, 0.1) is 28.8 Å². The summed E-state index contributed by atoms with van der Waals surface area (Å²) in [7, 11) is -2.45. The summed E-state index contributed by atoms with van der Waals surface area (Å²) in [5.41, 5.74) is -2.41. The molecule has 39 heavy (non-hydrogen) atoms. The van der Waals surface area contributed by atoms with Crippen molar-refractivity contribution in [3.8, 4) is 5.69 Å². The van der Waals surface area contributed by atoms with Crippen molar-refractivity contribution >= 4 is 60.7 Å². The van der Waals surface area contributed by atoms with Crippen LogP contribution in [0.25, 0.3) is 16.6 Å². The third-order valence-electron chi connectivity index (χ3n) is 6.44. The first-order valence-electron chi connectivity index (χ1n) is 11.7. The molecular formula is C25H22F2IN5O5S. The normalized spacial score (nSPS) is 13.6. The fourth-order valence-corrected chi connectivity index (χ4v) is 5.51. The lowest BCUT2D eigenvalue weighted by Crippen LogP contribution is -2.41. The first kappa shape index (κ1) is 27.1. The fraction of sp³-hybridized carbons (Fsp3) is 0.240. The van der Waals surface area contributed by atoms with Crippen molar-refractivity contribution in [2.24, 2.45) is 7.05 Å². The van der Waals surface area contributed by atoms with Gasteiger partial charge in [-0.05, 0) is 78.8 Å². The van der Waals surface area contributed by atoms with E-state index >= 15 is 0 Å². The third kappa shape index (κ3) is 4.86. The smallest absolute Gasteiger partial charge is 0.336 e. The van der Waals surface area contributed by atoms with Crippen molar-refractivity contribution in [2.45, 2.75) is 25.8 Å². The molecule has 1 fully saturated rings. The Morgan fingerprint density at radius 1 is 0.974 bits per heavy atom. The molecule has 0 unspecified atom stereocenters. The van der Waals surface area contributed by atoms with Crippen molar-refractivity contribution in [3.05, 3.63) is 88.4 Å². The van der Waals surface area contributed by atoms with Crippen LogP contribution in [-0.4, -0.2) is 28.4 Å². The second kappa shape index (κ2) is 9.59. The summed E-state index contributed by atoms with van der Waals surface area (Å²) in [6, 6.07) is 7.33. The largest absolute Gasteiger partial charge is 0.338 e. The second-order valence-corrected chi connectivity index (χ2v) is 12.4. The highest BCUT2D eigenvalue weighted by molar-refractivity contribution is 14.1. The molecule has 14 heteroatoms. The van der Waals surface area contributed by atoms with Gasteiger partial charge in [-0.3, -0.25) is 28.0 Å². The average Bonchev–Trinajstić information content (AvgIpc) is 3.68. The molecular weight excluding hydrogens is 647 g/mol. The quantitative estimate of drug-likeness (QED) is 0.303. The van der Waals surface area contributed by atoms with Crippen molar-refractivity contribution < 1.29 is 17.2 Å². The molecule has 0 saturated heterocycles. The second-order valence-electron chi connectivity index (χ2n) is 9.37. The molecule has 1 aliphatic rings. The Morgan fingerprint density at radius 2 is 1.67 bits per heavy atom. The fourth-order valence-electron chi connectivity index (χ4n) is 4.50. The summed E-state index contributed by atoms with van der Waals surface area (Å²) in [4.78, 5) is 40.9. The average molecular weight is 669 g/mol. The summed E-state index contributed by atoms with van der Waals surface area (Å²) in [6.45, 7) is 1.44. The molecule has 2 N–H and O–H groups in total. The van der Waals surface area contributed by atoms with E-state index in [0.717, 1.165) is 27.5 Å². The van der Waals surface area contributed by atoms with Gasteiger partial charge in [-0.25, -0.2) is 22.0 Å². The number of pyridine rings is 1. The number of hydrogen-bond donors (Lipinski definition) is 2. The van der Waals surface area contributed by atoms with Crippen LogP contribution in [0.3, 0.4) is 0 Å². The maximum Gasteiger partial charge on any atom is 0.336 e. The van der Waals surface area contributed by atoms with Gasteiger partial charge < -0.3 is 5.32 Å².